The molecule has 1 fully saturated rings. The van der Waals surface area contributed by atoms with Gasteiger partial charge in [0.2, 0.25) is 5.91 Å². The van der Waals surface area contributed by atoms with Crippen molar-refractivity contribution in [2.24, 2.45) is 0 Å². The molecule has 1 atom stereocenters. The number of nitrogens with zero attached hydrogens (tertiary/aromatic N) is 4. The van der Waals surface area contributed by atoms with Crippen molar-refractivity contribution in [3.8, 4) is 0 Å². The third-order valence-electron chi connectivity index (χ3n) is 5.45. The van der Waals surface area contributed by atoms with Gasteiger partial charge in [-0.3, -0.25) is 4.79 Å². The van der Waals surface area contributed by atoms with E-state index in [1.54, 1.807) is 17.4 Å². The fourth-order valence-corrected chi connectivity index (χ4v) is 4.52. The highest BCUT2D eigenvalue weighted by Crippen LogP contribution is 2.32. The second-order valence-corrected chi connectivity index (χ2v) is 8.98. The number of carbonyl (C=O) groups is 1. The Labute approximate surface area is 185 Å². The molecule has 3 aromatic rings. The highest BCUT2D eigenvalue weighted by Gasteiger charge is 2.30. The van der Waals surface area contributed by atoms with Crippen molar-refractivity contribution in [2.45, 2.75) is 32.2 Å². The van der Waals surface area contributed by atoms with Gasteiger partial charge in [-0.1, -0.05) is 12.1 Å². The van der Waals surface area contributed by atoms with Crippen molar-refractivity contribution < 1.29 is 9.18 Å². The topological polar surface area (TPSA) is 61.4 Å². The van der Waals surface area contributed by atoms with E-state index in [0.29, 0.717) is 13.0 Å². The van der Waals surface area contributed by atoms with E-state index in [2.05, 4.69) is 10.3 Å². The number of amides is 1. The van der Waals surface area contributed by atoms with E-state index >= 15 is 0 Å². The summed E-state index contributed by atoms with van der Waals surface area (Å²) in [6, 6.07) is 12.3. The monoisotopic (exact) mass is 439 g/mol. The number of pyridine rings is 1. The molecule has 3 heterocycles. The normalized spacial score (nSPS) is 15.8. The van der Waals surface area contributed by atoms with Gasteiger partial charge in [-0.05, 0) is 50.1 Å². The largest absolute Gasteiger partial charge is 0.374 e. The molecule has 4 rings (SSSR count). The molecule has 0 spiro atoms. The van der Waals surface area contributed by atoms with Crippen molar-refractivity contribution in [1.29, 1.82) is 0 Å². The number of benzene rings is 1. The molecule has 8 heteroatoms. The Morgan fingerprint density at radius 3 is 2.94 bits per heavy atom. The number of anilines is 3. The van der Waals surface area contributed by atoms with Crippen molar-refractivity contribution in [3.63, 3.8) is 0 Å². The third-order valence-corrected chi connectivity index (χ3v) is 6.28. The summed E-state index contributed by atoms with van der Waals surface area (Å²) in [5.41, 5.74) is 1.66. The molecule has 0 bridgehead atoms. The maximum absolute atomic E-state index is 13.5. The number of rotatable bonds is 7. The number of halogens is 1. The van der Waals surface area contributed by atoms with Gasteiger partial charge < -0.3 is 15.1 Å². The van der Waals surface area contributed by atoms with Crippen LogP contribution in [-0.2, 0) is 4.79 Å². The third kappa shape index (κ3) is 5.19. The molecule has 2 aromatic heterocycles. The number of aryl methyl sites for hydroxylation is 1. The summed E-state index contributed by atoms with van der Waals surface area (Å²) < 4.78 is 13.5. The van der Waals surface area contributed by atoms with Gasteiger partial charge >= 0.3 is 0 Å². The Balaban J connectivity index is 1.40. The van der Waals surface area contributed by atoms with Gasteiger partial charge in [-0.2, -0.15) is 0 Å². The second kappa shape index (κ2) is 9.43. The molecule has 1 aromatic carbocycles. The summed E-state index contributed by atoms with van der Waals surface area (Å²) in [6.45, 7) is 3.28. The fourth-order valence-electron chi connectivity index (χ4n) is 3.85. The average molecular weight is 440 g/mol. The summed E-state index contributed by atoms with van der Waals surface area (Å²) in [6.07, 6.45) is 4.06. The van der Waals surface area contributed by atoms with E-state index in [9.17, 15) is 9.18 Å². The SMILES string of the molecule is Cc1cnc(Nc2cccc(C3CCCN3C(=O)CCN(C)c3cccc(F)c3)n2)s1. The zero-order chi connectivity index (χ0) is 21.8. The molecule has 0 saturated carbocycles. The predicted molar refractivity (Wildman–Crippen MR) is 122 cm³/mol. The Morgan fingerprint density at radius 2 is 2.16 bits per heavy atom. The molecule has 0 aliphatic carbocycles. The maximum atomic E-state index is 13.5. The molecule has 6 nitrogen and oxygen atoms in total. The van der Waals surface area contributed by atoms with Crippen LogP contribution in [0.2, 0.25) is 0 Å². The number of carbonyl (C=O) groups excluding carboxylic acids is 1. The molecule has 0 radical (unpaired) electrons. The highest BCUT2D eigenvalue weighted by molar-refractivity contribution is 7.15. The second-order valence-electron chi connectivity index (χ2n) is 7.75. The van der Waals surface area contributed by atoms with Crippen molar-refractivity contribution >= 4 is 33.9 Å². The van der Waals surface area contributed by atoms with Crippen LogP contribution in [0.25, 0.3) is 0 Å². The molecule has 162 valence electrons. The lowest BCUT2D eigenvalue weighted by molar-refractivity contribution is -0.132. The molecule has 1 saturated heterocycles. The fraction of sp³-hybridized carbons (Fsp3) is 0.348. The van der Waals surface area contributed by atoms with Gasteiger partial charge in [-0.15, -0.1) is 11.3 Å². The van der Waals surface area contributed by atoms with Gasteiger partial charge in [0.15, 0.2) is 5.13 Å². The molecule has 31 heavy (non-hydrogen) atoms. The van der Waals surface area contributed by atoms with Crippen molar-refractivity contribution in [3.05, 3.63) is 65.0 Å². The molecule has 1 amide bonds. The van der Waals surface area contributed by atoms with E-state index in [0.717, 1.165) is 46.6 Å². The molecular formula is C23H26FN5OS. The minimum Gasteiger partial charge on any atom is -0.374 e. The first-order chi connectivity index (χ1) is 15.0. The predicted octanol–water partition coefficient (Wildman–Crippen LogP) is 4.92. The summed E-state index contributed by atoms with van der Waals surface area (Å²) in [7, 11) is 1.88. The Bertz CT molecular complexity index is 1060. The molecular weight excluding hydrogens is 413 g/mol. The minimum absolute atomic E-state index is 0.0215. The lowest BCUT2D eigenvalue weighted by Crippen LogP contribution is -2.33. The zero-order valence-electron chi connectivity index (χ0n) is 17.7. The molecule has 1 N–H and O–H groups in total. The first-order valence-electron chi connectivity index (χ1n) is 10.4. The van der Waals surface area contributed by atoms with Crippen molar-refractivity contribution in [2.75, 3.05) is 30.4 Å². The number of hydrogen-bond donors (Lipinski definition) is 1. The van der Waals surface area contributed by atoms with Crippen LogP contribution in [0.5, 0.6) is 0 Å². The van der Waals surface area contributed by atoms with Crippen LogP contribution in [0.15, 0.2) is 48.7 Å². The summed E-state index contributed by atoms with van der Waals surface area (Å²) in [5, 5.41) is 4.06. The van der Waals surface area contributed by atoms with Crippen LogP contribution in [-0.4, -0.2) is 40.9 Å². The molecule has 1 unspecified atom stereocenters. The maximum Gasteiger partial charge on any atom is 0.224 e. The van der Waals surface area contributed by atoms with Gasteiger partial charge in [-0.25, -0.2) is 14.4 Å². The first-order valence-corrected chi connectivity index (χ1v) is 11.2. The average Bonchev–Trinajstić information content (AvgIpc) is 3.41. The number of hydrogen-bond acceptors (Lipinski definition) is 6. The number of likely N-dealkylation sites (tertiary alicyclic amines) is 1. The van der Waals surface area contributed by atoms with Gasteiger partial charge in [0.1, 0.15) is 11.6 Å². The van der Waals surface area contributed by atoms with Crippen LogP contribution in [0.1, 0.15) is 35.9 Å². The number of nitrogens with one attached hydrogen (secondary N) is 1. The van der Waals surface area contributed by atoms with E-state index in [1.165, 1.54) is 12.1 Å². The molecule has 1 aliphatic heterocycles. The Morgan fingerprint density at radius 1 is 1.32 bits per heavy atom. The van der Waals surface area contributed by atoms with Crippen LogP contribution >= 0.6 is 11.3 Å². The first kappa shape index (κ1) is 21.2. The van der Waals surface area contributed by atoms with Gasteiger partial charge in [0.25, 0.3) is 0 Å². The van der Waals surface area contributed by atoms with Crippen LogP contribution < -0.4 is 10.2 Å². The van der Waals surface area contributed by atoms with Gasteiger partial charge in [0, 0.05) is 43.3 Å². The van der Waals surface area contributed by atoms with Crippen LogP contribution in [0.3, 0.4) is 0 Å². The van der Waals surface area contributed by atoms with E-state index in [-0.39, 0.29) is 17.8 Å². The number of thiazole rings is 1. The Kier molecular flexibility index (Phi) is 6.46. The minimum atomic E-state index is -0.275. The van der Waals surface area contributed by atoms with E-state index < -0.39 is 0 Å². The summed E-state index contributed by atoms with van der Waals surface area (Å²) in [4.78, 5) is 27.0. The standard InChI is InChI=1S/C23H26FN5OS/c1-16-15-25-23(31-16)27-21-10-4-8-19(26-21)20-9-5-12-29(20)22(30)11-13-28(2)18-7-3-6-17(24)14-18/h3-4,6-8,10,14-15,20H,5,9,11-13H2,1-2H3,(H,25,26,27). The van der Waals surface area contributed by atoms with E-state index in [4.69, 9.17) is 4.98 Å². The Hall–Kier alpha value is -3.00. The van der Waals surface area contributed by atoms with E-state index in [1.807, 2.05) is 54.2 Å². The lowest BCUT2D eigenvalue weighted by atomic mass is 10.1. The van der Waals surface area contributed by atoms with Crippen molar-refractivity contribution in [1.82, 2.24) is 14.9 Å². The summed E-state index contributed by atoms with van der Waals surface area (Å²) in [5.74, 6) is 0.557. The molecule has 1 aliphatic rings. The highest BCUT2D eigenvalue weighted by atomic mass is 32.1. The summed E-state index contributed by atoms with van der Waals surface area (Å²) >= 11 is 1.58. The van der Waals surface area contributed by atoms with Gasteiger partial charge in [0.05, 0.1) is 11.7 Å². The zero-order valence-corrected chi connectivity index (χ0v) is 18.5. The number of aromatic nitrogens is 2. The smallest absolute Gasteiger partial charge is 0.224 e. The van der Waals surface area contributed by atoms with Crippen LogP contribution in [0.4, 0.5) is 21.0 Å². The quantitative estimate of drug-likeness (QED) is 0.566. The van der Waals surface area contributed by atoms with Crippen LogP contribution in [0, 0.1) is 12.7 Å². The lowest BCUT2D eigenvalue weighted by Gasteiger charge is -2.26.